The van der Waals surface area contributed by atoms with Gasteiger partial charge >= 0.3 is 0 Å². The lowest BCUT2D eigenvalue weighted by Crippen LogP contribution is -2.11. The van der Waals surface area contributed by atoms with Gasteiger partial charge in [-0.05, 0) is 35.8 Å². The normalized spacial score (nSPS) is 22.2. The van der Waals surface area contributed by atoms with E-state index in [9.17, 15) is 4.39 Å². The molecule has 0 saturated heterocycles. The Morgan fingerprint density at radius 1 is 0.952 bits per heavy atom. The zero-order chi connectivity index (χ0) is 14.8. The summed E-state index contributed by atoms with van der Waals surface area (Å²) < 4.78 is 14.6. The first kappa shape index (κ1) is 14.6. The standard InChI is InChI=1S/C19H20ClF/c1-13-7-9-15(10-8-13)16-11-12-17(19(21)18(16)20)14-5-3-2-4-6-14/h2-6,11-13,15H,7-10H2,1H3. The van der Waals surface area contributed by atoms with E-state index >= 15 is 0 Å². The van der Waals surface area contributed by atoms with E-state index in [1.54, 1.807) is 0 Å². The summed E-state index contributed by atoms with van der Waals surface area (Å²) in [5.74, 6) is 0.917. The van der Waals surface area contributed by atoms with Gasteiger partial charge in [0, 0.05) is 5.56 Å². The fraction of sp³-hybridized carbons (Fsp3) is 0.368. The van der Waals surface area contributed by atoms with Crippen molar-refractivity contribution in [3.8, 4) is 11.1 Å². The highest BCUT2D eigenvalue weighted by molar-refractivity contribution is 6.31. The van der Waals surface area contributed by atoms with Crippen LogP contribution in [-0.2, 0) is 0 Å². The van der Waals surface area contributed by atoms with Gasteiger partial charge in [0.05, 0.1) is 5.02 Å². The van der Waals surface area contributed by atoms with Gasteiger partial charge in [-0.1, -0.05) is 73.8 Å². The van der Waals surface area contributed by atoms with Crippen LogP contribution in [0.3, 0.4) is 0 Å². The maximum absolute atomic E-state index is 14.6. The van der Waals surface area contributed by atoms with E-state index < -0.39 is 0 Å². The van der Waals surface area contributed by atoms with Gasteiger partial charge in [-0.15, -0.1) is 0 Å². The molecule has 21 heavy (non-hydrogen) atoms. The highest BCUT2D eigenvalue weighted by atomic mass is 35.5. The molecular weight excluding hydrogens is 283 g/mol. The van der Waals surface area contributed by atoms with E-state index in [1.807, 2.05) is 42.5 Å². The molecule has 0 N–H and O–H groups in total. The molecule has 1 saturated carbocycles. The van der Waals surface area contributed by atoms with E-state index in [1.165, 1.54) is 12.8 Å². The van der Waals surface area contributed by atoms with Crippen LogP contribution in [0.2, 0.25) is 5.02 Å². The Hall–Kier alpha value is -1.34. The van der Waals surface area contributed by atoms with Gasteiger partial charge in [-0.2, -0.15) is 0 Å². The molecule has 0 bridgehead atoms. The Bertz CT molecular complexity index is 613. The molecule has 3 rings (SSSR count). The smallest absolute Gasteiger partial charge is 0.149 e. The van der Waals surface area contributed by atoms with Crippen molar-refractivity contribution in [3.63, 3.8) is 0 Å². The van der Waals surface area contributed by atoms with Crippen molar-refractivity contribution in [2.75, 3.05) is 0 Å². The quantitative estimate of drug-likeness (QED) is 0.599. The molecule has 2 aromatic carbocycles. The van der Waals surface area contributed by atoms with Gasteiger partial charge in [-0.25, -0.2) is 4.39 Å². The predicted octanol–water partition coefficient (Wildman–Crippen LogP) is 6.44. The molecule has 2 aromatic rings. The van der Waals surface area contributed by atoms with Crippen LogP contribution in [0.4, 0.5) is 4.39 Å². The second-order valence-electron chi connectivity index (χ2n) is 6.15. The van der Waals surface area contributed by atoms with Gasteiger partial charge in [0.25, 0.3) is 0 Å². The summed E-state index contributed by atoms with van der Waals surface area (Å²) in [6.45, 7) is 2.29. The van der Waals surface area contributed by atoms with Gasteiger partial charge in [0.15, 0.2) is 0 Å². The van der Waals surface area contributed by atoms with Gasteiger partial charge in [0.2, 0.25) is 0 Å². The van der Waals surface area contributed by atoms with Gasteiger partial charge in [0.1, 0.15) is 5.82 Å². The monoisotopic (exact) mass is 302 g/mol. The Morgan fingerprint density at radius 2 is 1.62 bits per heavy atom. The summed E-state index contributed by atoms with van der Waals surface area (Å²) in [7, 11) is 0. The first-order valence-corrected chi connectivity index (χ1v) is 8.08. The highest BCUT2D eigenvalue weighted by Gasteiger charge is 2.24. The van der Waals surface area contributed by atoms with Crippen LogP contribution in [0.1, 0.15) is 44.1 Å². The molecule has 0 atom stereocenters. The Morgan fingerprint density at radius 3 is 2.29 bits per heavy atom. The Balaban J connectivity index is 1.93. The molecule has 0 heterocycles. The molecule has 0 aliphatic heterocycles. The lowest BCUT2D eigenvalue weighted by Gasteiger charge is -2.27. The second kappa shape index (κ2) is 6.19. The van der Waals surface area contributed by atoms with Crippen LogP contribution in [-0.4, -0.2) is 0 Å². The Labute approximate surface area is 131 Å². The summed E-state index contributed by atoms with van der Waals surface area (Å²) in [5.41, 5.74) is 2.45. The van der Waals surface area contributed by atoms with Crippen molar-refractivity contribution in [1.29, 1.82) is 0 Å². The third kappa shape index (κ3) is 2.98. The van der Waals surface area contributed by atoms with E-state index in [4.69, 9.17) is 11.6 Å². The highest BCUT2D eigenvalue weighted by Crippen LogP contribution is 2.41. The molecule has 0 unspecified atom stereocenters. The predicted molar refractivity (Wildman–Crippen MR) is 87.2 cm³/mol. The lowest BCUT2D eigenvalue weighted by molar-refractivity contribution is 0.347. The minimum atomic E-state index is -0.279. The third-order valence-corrected chi connectivity index (χ3v) is 5.04. The summed E-state index contributed by atoms with van der Waals surface area (Å²) in [4.78, 5) is 0. The average molecular weight is 303 g/mol. The first-order valence-electron chi connectivity index (χ1n) is 7.70. The molecule has 1 fully saturated rings. The van der Waals surface area contributed by atoms with Crippen molar-refractivity contribution in [2.45, 2.75) is 38.5 Å². The van der Waals surface area contributed by atoms with E-state index in [0.29, 0.717) is 16.5 Å². The number of rotatable bonds is 2. The molecule has 0 spiro atoms. The van der Waals surface area contributed by atoms with Crippen molar-refractivity contribution in [1.82, 2.24) is 0 Å². The zero-order valence-electron chi connectivity index (χ0n) is 12.3. The summed E-state index contributed by atoms with van der Waals surface area (Å²) >= 11 is 6.34. The fourth-order valence-corrected chi connectivity index (χ4v) is 3.61. The number of hydrogen-bond acceptors (Lipinski definition) is 0. The van der Waals surface area contributed by atoms with E-state index in [2.05, 4.69) is 6.92 Å². The molecule has 0 amide bonds. The maximum Gasteiger partial charge on any atom is 0.149 e. The summed E-state index contributed by atoms with van der Waals surface area (Å²) in [5, 5.41) is 0.316. The molecular formula is C19H20ClF. The first-order chi connectivity index (χ1) is 10.2. The molecule has 110 valence electrons. The largest absolute Gasteiger partial charge is 0.205 e. The summed E-state index contributed by atoms with van der Waals surface area (Å²) in [6, 6.07) is 13.5. The van der Waals surface area contributed by atoms with Crippen LogP contribution < -0.4 is 0 Å². The van der Waals surface area contributed by atoms with Crippen LogP contribution in [0.5, 0.6) is 0 Å². The lowest BCUT2D eigenvalue weighted by atomic mass is 9.79. The number of benzene rings is 2. The summed E-state index contributed by atoms with van der Waals surface area (Å²) in [6.07, 6.45) is 4.65. The maximum atomic E-state index is 14.6. The topological polar surface area (TPSA) is 0 Å². The third-order valence-electron chi connectivity index (χ3n) is 4.65. The van der Waals surface area contributed by atoms with Crippen molar-refractivity contribution in [3.05, 3.63) is 58.9 Å². The van der Waals surface area contributed by atoms with Gasteiger partial charge < -0.3 is 0 Å². The molecule has 0 nitrogen and oxygen atoms in total. The van der Waals surface area contributed by atoms with Crippen molar-refractivity contribution >= 4 is 11.6 Å². The molecule has 0 aromatic heterocycles. The molecule has 1 aliphatic rings. The Kier molecular flexibility index (Phi) is 4.30. The van der Waals surface area contributed by atoms with E-state index in [0.717, 1.165) is 29.9 Å². The zero-order valence-corrected chi connectivity index (χ0v) is 13.0. The van der Waals surface area contributed by atoms with Crippen LogP contribution in [0.25, 0.3) is 11.1 Å². The minimum absolute atomic E-state index is 0.279. The molecule has 1 aliphatic carbocycles. The molecule has 2 heteroatoms. The van der Waals surface area contributed by atoms with Crippen molar-refractivity contribution in [2.24, 2.45) is 5.92 Å². The van der Waals surface area contributed by atoms with Crippen molar-refractivity contribution < 1.29 is 4.39 Å². The minimum Gasteiger partial charge on any atom is -0.205 e. The van der Waals surface area contributed by atoms with Crippen LogP contribution in [0.15, 0.2) is 42.5 Å². The van der Waals surface area contributed by atoms with Crippen LogP contribution >= 0.6 is 11.6 Å². The number of hydrogen-bond donors (Lipinski definition) is 0. The SMILES string of the molecule is CC1CCC(c2ccc(-c3ccccc3)c(F)c2Cl)CC1. The molecule has 0 radical (unpaired) electrons. The second-order valence-corrected chi connectivity index (χ2v) is 6.53. The van der Waals surface area contributed by atoms with E-state index in [-0.39, 0.29) is 5.82 Å². The number of halogens is 2. The average Bonchev–Trinajstić information content (AvgIpc) is 2.52. The van der Waals surface area contributed by atoms with Gasteiger partial charge in [-0.3, -0.25) is 0 Å². The fourth-order valence-electron chi connectivity index (χ4n) is 3.29. The van der Waals surface area contributed by atoms with Crippen LogP contribution in [0, 0.1) is 11.7 Å².